The summed E-state index contributed by atoms with van der Waals surface area (Å²) < 4.78 is 35.1. The van der Waals surface area contributed by atoms with Crippen LogP contribution in [0.5, 0.6) is 0 Å². The molecule has 0 fully saturated rings. The Kier molecular flexibility index (Phi) is 5.24. The molecule has 0 aromatic rings. The molecule has 0 aliphatic carbocycles. The van der Waals surface area contributed by atoms with Crippen LogP contribution in [0.1, 0.15) is 26.7 Å². The zero-order valence-electron chi connectivity index (χ0n) is 9.02. The predicted molar refractivity (Wildman–Crippen MR) is 48.8 cm³/mol. The van der Waals surface area contributed by atoms with Crippen LogP contribution in [0.2, 0.25) is 0 Å². The second-order valence-corrected chi connectivity index (χ2v) is 3.24. The fourth-order valence-corrected chi connectivity index (χ4v) is 1.06. The second kappa shape index (κ2) is 5.70. The minimum absolute atomic E-state index is 0.210. The van der Waals surface area contributed by atoms with Crippen molar-refractivity contribution in [3.63, 3.8) is 0 Å². The van der Waals surface area contributed by atoms with Crippen LogP contribution in [0.3, 0.4) is 0 Å². The van der Waals surface area contributed by atoms with Crippen LogP contribution in [0.15, 0.2) is 0 Å². The molecule has 0 aliphatic heterocycles. The fraction of sp³-hybridized carbons (Fsp3) is 0.778. The van der Waals surface area contributed by atoms with Crippen LogP contribution in [-0.2, 0) is 9.63 Å². The average molecular weight is 238 g/mol. The molecule has 1 N–H and O–H groups in total. The molecule has 92 valence electrons. The summed E-state index contributed by atoms with van der Waals surface area (Å²) in [4.78, 5) is 15.4. The Balaban J connectivity index is 4.30. The lowest BCUT2D eigenvalue weighted by Gasteiger charge is -2.21. The van der Waals surface area contributed by atoms with E-state index in [1.807, 2.05) is 0 Å². The smallest absolute Gasteiger partial charge is 0.271 e. The van der Waals surface area contributed by atoms with Crippen LogP contribution >= 0.6 is 0 Å². The van der Waals surface area contributed by atoms with Crippen molar-refractivity contribution in [1.29, 1.82) is 5.26 Å². The van der Waals surface area contributed by atoms with E-state index in [0.29, 0.717) is 0 Å². The highest BCUT2D eigenvalue weighted by Crippen LogP contribution is 2.25. The lowest BCUT2D eigenvalue weighted by atomic mass is 9.83. The third-order valence-electron chi connectivity index (χ3n) is 2.26. The van der Waals surface area contributed by atoms with E-state index in [-0.39, 0.29) is 12.8 Å². The van der Waals surface area contributed by atoms with Gasteiger partial charge >= 0.3 is 6.18 Å². The highest BCUT2D eigenvalue weighted by molar-refractivity contribution is 5.84. The molecular formula is C9H13F3N2O2. The lowest BCUT2D eigenvalue weighted by Crippen LogP contribution is -2.40. The molecule has 7 heteroatoms. The topological polar surface area (TPSA) is 62.1 Å². The van der Waals surface area contributed by atoms with Gasteiger partial charge in [0.1, 0.15) is 5.41 Å². The summed E-state index contributed by atoms with van der Waals surface area (Å²) in [5.74, 6) is -0.843. The summed E-state index contributed by atoms with van der Waals surface area (Å²) in [6, 6.07) is 1.79. The van der Waals surface area contributed by atoms with Gasteiger partial charge in [0.25, 0.3) is 5.91 Å². The molecule has 0 bridgehead atoms. The van der Waals surface area contributed by atoms with Gasteiger partial charge in [0.2, 0.25) is 0 Å². The lowest BCUT2D eigenvalue weighted by molar-refractivity contribution is -0.193. The van der Waals surface area contributed by atoms with Crippen molar-refractivity contribution in [2.24, 2.45) is 5.41 Å². The number of carbonyl (C=O) groups is 1. The number of halogens is 3. The Morgan fingerprint density at radius 3 is 2.19 bits per heavy atom. The highest BCUT2D eigenvalue weighted by Gasteiger charge is 2.36. The van der Waals surface area contributed by atoms with Gasteiger partial charge in [0, 0.05) is 0 Å². The number of carbonyl (C=O) groups excluding carboxylic acids is 1. The first-order chi connectivity index (χ1) is 7.31. The summed E-state index contributed by atoms with van der Waals surface area (Å²) in [6.45, 7) is 1.64. The van der Waals surface area contributed by atoms with E-state index in [9.17, 15) is 18.0 Å². The van der Waals surface area contributed by atoms with Crippen molar-refractivity contribution in [2.45, 2.75) is 32.9 Å². The zero-order valence-corrected chi connectivity index (χ0v) is 9.02. The number of nitrogens with zero attached hydrogens (tertiary/aromatic N) is 1. The minimum Gasteiger partial charge on any atom is -0.271 e. The first-order valence-corrected chi connectivity index (χ1v) is 4.71. The van der Waals surface area contributed by atoms with Gasteiger partial charge in [-0.3, -0.25) is 9.63 Å². The van der Waals surface area contributed by atoms with E-state index in [1.54, 1.807) is 25.4 Å². The predicted octanol–water partition coefficient (Wildman–Crippen LogP) is 1.93. The summed E-state index contributed by atoms with van der Waals surface area (Å²) in [7, 11) is 0. The van der Waals surface area contributed by atoms with Crippen LogP contribution in [0.4, 0.5) is 13.2 Å². The van der Waals surface area contributed by atoms with Crippen LogP contribution in [0.25, 0.3) is 0 Å². The van der Waals surface area contributed by atoms with Crippen LogP contribution < -0.4 is 5.48 Å². The summed E-state index contributed by atoms with van der Waals surface area (Å²) in [6.07, 6.45) is -4.09. The number of nitrogens with one attached hydrogen (secondary N) is 1. The van der Waals surface area contributed by atoms with Crippen molar-refractivity contribution in [1.82, 2.24) is 5.48 Å². The third-order valence-corrected chi connectivity index (χ3v) is 2.26. The third kappa shape index (κ3) is 4.06. The second-order valence-electron chi connectivity index (χ2n) is 3.24. The van der Waals surface area contributed by atoms with Gasteiger partial charge < -0.3 is 0 Å². The first kappa shape index (κ1) is 14.7. The Morgan fingerprint density at radius 1 is 1.38 bits per heavy atom. The first-order valence-electron chi connectivity index (χ1n) is 4.71. The molecule has 0 aliphatic rings. The Labute approximate surface area is 91.3 Å². The van der Waals surface area contributed by atoms with Gasteiger partial charge in [-0.25, -0.2) is 5.48 Å². The minimum atomic E-state index is -4.51. The molecule has 0 aromatic heterocycles. The van der Waals surface area contributed by atoms with Crippen LogP contribution in [-0.4, -0.2) is 18.7 Å². The van der Waals surface area contributed by atoms with Gasteiger partial charge in [-0.1, -0.05) is 13.8 Å². The Morgan fingerprint density at radius 2 is 1.88 bits per heavy atom. The van der Waals surface area contributed by atoms with Crippen molar-refractivity contribution < 1.29 is 22.8 Å². The molecule has 4 nitrogen and oxygen atoms in total. The van der Waals surface area contributed by atoms with E-state index in [1.165, 1.54) is 0 Å². The van der Waals surface area contributed by atoms with E-state index in [0.717, 1.165) is 0 Å². The molecule has 0 rings (SSSR count). The maximum absolute atomic E-state index is 11.7. The van der Waals surface area contributed by atoms with Gasteiger partial charge in [-0.2, -0.15) is 18.4 Å². The maximum atomic E-state index is 11.7. The number of hydrogen-bond acceptors (Lipinski definition) is 3. The van der Waals surface area contributed by atoms with E-state index in [4.69, 9.17) is 5.26 Å². The van der Waals surface area contributed by atoms with E-state index < -0.39 is 24.1 Å². The fourth-order valence-electron chi connectivity index (χ4n) is 1.06. The van der Waals surface area contributed by atoms with Gasteiger partial charge in [0.05, 0.1) is 6.07 Å². The SMILES string of the molecule is CCC(C#N)(CC)C(=O)NOCC(F)(F)F. The zero-order chi connectivity index (χ0) is 12.8. The molecule has 0 radical (unpaired) electrons. The van der Waals surface area contributed by atoms with Crippen molar-refractivity contribution in [2.75, 3.05) is 6.61 Å². The molecule has 1 amide bonds. The number of hydrogen-bond donors (Lipinski definition) is 1. The number of hydroxylamine groups is 1. The molecule has 0 heterocycles. The largest absolute Gasteiger partial charge is 0.414 e. The molecule has 16 heavy (non-hydrogen) atoms. The number of alkyl halides is 3. The van der Waals surface area contributed by atoms with Gasteiger partial charge in [0.15, 0.2) is 6.61 Å². The van der Waals surface area contributed by atoms with Gasteiger partial charge in [-0.15, -0.1) is 0 Å². The maximum Gasteiger partial charge on any atom is 0.414 e. The molecule has 0 spiro atoms. The van der Waals surface area contributed by atoms with Gasteiger partial charge in [-0.05, 0) is 12.8 Å². The summed E-state index contributed by atoms with van der Waals surface area (Å²) in [5, 5.41) is 8.82. The average Bonchev–Trinajstić information content (AvgIpc) is 2.19. The summed E-state index contributed by atoms with van der Waals surface area (Å²) in [5.41, 5.74) is 0.324. The Bertz CT molecular complexity index is 279. The molecule has 0 atom stereocenters. The molecule has 0 unspecified atom stereocenters. The van der Waals surface area contributed by atoms with Crippen molar-refractivity contribution in [3.8, 4) is 6.07 Å². The normalized spacial score (nSPS) is 12.0. The highest BCUT2D eigenvalue weighted by atomic mass is 19.4. The molecule has 0 saturated heterocycles. The molecule has 0 aromatic carbocycles. The number of nitriles is 1. The monoisotopic (exact) mass is 238 g/mol. The van der Waals surface area contributed by atoms with Crippen molar-refractivity contribution in [3.05, 3.63) is 0 Å². The molecule has 0 saturated carbocycles. The standard InChI is InChI=1S/C9H13F3N2O2/c1-3-8(4-2,5-13)7(15)14-16-6-9(10,11)12/h3-4,6H2,1-2H3,(H,14,15). The Hall–Kier alpha value is -1.29. The van der Waals surface area contributed by atoms with E-state index >= 15 is 0 Å². The van der Waals surface area contributed by atoms with E-state index in [2.05, 4.69) is 4.84 Å². The number of rotatable bonds is 5. The summed E-state index contributed by atoms with van der Waals surface area (Å²) >= 11 is 0. The quantitative estimate of drug-likeness (QED) is 0.744. The molecular weight excluding hydrogens is 225 g/mol. The van der Waals surface area contributed by atoms with Crippen molar-refractivity contribution >= 4 is 5.91 Å². The number of amides is 1. The van der Waals surface area contributed by atoms with Crippen LogP contribution in [0, 0.1) is 16.7 Å².